The van der Waals surface area contributed by atoms with Crippen LogP contribution in [0.5, 0.6) is 0 Å². The second kappa shape index (κ2) is 8.37. The van der Waals surface area contributed by atoms with Crippen LogP contribution in [-0.4, -0.2) is 31.1 Å². The van der Waals surface area contributed by atoms with Crippen molar-refractivity contribution in [3.05, 3.63) is 77.9 Å². The summed E-state index contributed by atoms with van der Waals surface area (Å²) in [5.41, 5.74) is 4.38. The van der Waals surface area contributed by atoms with E-state index in [4.69, 9.17) is 0 Å². The van der Waals surface area contributed by atoms with Gasteiger partial charge >= 0.3 is 0 Å². The summed E-state index contributed by atoms with van der Waals surface area (Å²) in [5, 5.41) is 2.81. The summed E-state index contributed by atoms with van der Waals surface area (Å²) in [7, 11) is 0. The molecule has 1 fully saturated rings. The van der Waals surface area contributed by atoms with Gasteiger partial charge in [0.15, 0.2) is 0 Å². The van der Waals surface area contributed by atoms with E-state index < -0.39 is 0 Å². The third-order valence-electron chi connectivity index (χ3n) is 7.36. The zero-order valence-corrected chi connectivity index (χ0v) is 18.9. The van der Waals surface area contributed by atoms with Crippen LogP contribution >= 0.6 is 11.9 Å². The van der Waals surface area contributed by atoms with Gasteiger partial charge in [0.25, 0.3) is 0 Å². The Hall–Kier alpha value is -2.23. The molecule has 0 saturated carbocycles. The Morgan fingerprint density at radius 1 is 0.871 bits per heavy atom. The lowest BCUT2D eigenvalue weighted by atomic mass is 9.85. The minimum Gasteiger partial charge on any atom is -0.311 e. The Labute approximate surface area is 190 Å². The quantitative estimate of drug-likeness (QED) is 0.393. The summed E-state index contributed by atoms with van der Waals surface area (Å²) in [6, 6.07) is 22.3. The Bertz CT molecular complexity index is 1110. The van der Waals surface area contributed by atoms with Crippen LogP contribution in [0.3, 0.4) is 0 Å². The van der Waals surface area contributed by atoms with Gasteiger partial charge in [-0.15, -0.1) is 0 Å². The first-order chi connectivity index (χ1) is 15.3. The maximum atomic E-state index is 2.70. The molecule has 3 aromatic rings. The largest absolute Gasteiger partial charge is 0.311 e. The first-order valence-corrected chi connectivity index (χ1v) is 12.6. The molecule has 1 unspecified atom stereocenters. The SMILES string of the molecule is C1=CC(CC2CCN(CCCN3Sc4cccc5cccc3c45)CC2)c2ccccc21. The Morgan fingerprint density at radius 3 is 2.61 bits per heavy atom. The zero-order chi connectivity index (χ0) is 20.6. The van der Waals surface area contributed by atoms with Crippen LogP contribution in [-0.2, 0) is 0 Å². The molecule has 0 spiro atoms. The number of nitrogens with zero attached hydrogens (tertiary/aromatic N) is 2. The fraction of sp³-hybridized carbons (Fsp3) is 0.357. The maximum absolute atomic E-state index is 2.70. The highest BCUT2D eigenvalue weighted by atomic mass is 32.2. The van der Waals surface area contributed by atoms with Crippen molar-refractivity contribution in [1.29, 1.82) is 0 Å². The third kappa shape index (κ3) is 3.79. The molecule has 0 aromatic heterocycles. The van der Waals surface area contributed by atoms with Crippen LogP contribution in [0.2, 0.25) is 0 Å². The van der Waals surface area contributed by atoms with Gasteiger partial charge in [0.05, 0.1) is 5.69 Å². The number of benzene rings is 3. The number of rotatable bonds is 6. The summed E-state index contributed by atoms with van der Waals surface area (Å²) in [4.78, 5) is 4.11. The first kappa shape index (κ1) is 19.5. The van der Waals surface area contributed by atoms with Gasteiger partial charge in [-0.1, -0.05) is 60.7 Å². The van der Waals surface area contributed by atoms with Crippen LogP contribution < -0.4 is 4.31 Å². The van der Waals surface area contributed by atoms with E-state index in [-0.39, 0.29) is 0 Å². The summed E-state index contributed by atoms with van der Waals surface area (Å²) < 4.78 is 2.51. The van der Waals surface area contributed by atoms with Crippen molar-refractivity contribution in [2.45, 2.75) is 36.5 Å². The number of hydrogen-bond donors (Lipinski definition) is 0. The molecule has 0 N–H and O–H groups in total. The van der Waals surface area contributed by atoms with Crippen molar-refractivity contribution in [3.63, 3.8) is 0 Å². The predicted molar refractivity (Wildman–Crippen MR) is 134 cm³/mol. The molecule has 2 nitrogen and oxygen atoms in total. The second-order valence-corrected chi connectivity index (χ2v) is 10.4. The normalized spacial score (nSPS) is 20.6. The number of likely N-dealkylation sites (tertiary alicyclic amines) is 1. The Morgan fingerprint density at radius 2 is 1.71 bits per heavy atom. The number of hydrogen-bond acceptors (Lipinski definition) is 3. The van der Waals surface area contributed by atoms with E-state index in [1.807, 2.05) is 11.9 Å². The highest BCUT2D eigenvalue weighted by Gasteiger charge is 2.26. The summed E-state index contributed by atoms with van der Waals surface area (Å²) in [6.07, 6.45) is 10.0. The number of allylic oxidation sites excluding steroid dienone is 1. The molecule has 3 aliphatic rings. The molecule has 1 saturated heterocycles. The van der Waals surface area contributed by atoms with Gasteiger partial charge in [-0.3, -0.25) is 0 Å². The number of fused-ring (bicyclic) bond motifs is 1. The van der Waals surface area contributed by atoms with Crippen molar-refractivity contribution < 1.29 is 0 Å². The molecule has 1 atom stereocenters. The lowest BCUT2D eigenvalue weighted by Crippen LogP contribution is -2.35. The van der Waals surface area contributed by atoms with Gasteiger partial charge in [0.2, 0.25) is 0 Å². The van der Waals surface area contributed by atoms with Crippen LogP contribution in [0, 0.1) is 5.92 Å². The Balaban J connectivity index is 0.982. The minimum absolute atomic E-state index is 0.643. The molecule has 6 rings (SSSR count). The molecular weight excluding hydrogens is 396 g/mol. The molecule has 2 heterocycles. The van der Waals surface area contributed by atoms with Crippen molar-refractivity contribution in [2.24, 2.45) is 5.92 Å². The minimum atomic E-state index is 0.643. The molecule has 3 heteroatoms. The van der Waals surface area contributed by atoms with Gasteiger partial charge < -0.3 is 9.21 Å². The molecule has 158 valence electrons. The van der Waals surface area contributed by atoms with Gasteiger partial charge in [-0.2, -0.15) is 0 Å². The third-order valence-corrected chi connectivity index (χ3v) is 8.49. The van der Waals surface area contributed by atoms with E-state index in [2.05, 4.69) is 82.0 Å². The van der Waals surface area contributed by atoms with Crippen molar-refractivity contribution in [3.8, 4) is 0 Å². The van der Waals surface area contributed by atoms with Crippen molar-refractivity contribution in [1.82, 2.24) is 4.90 Å². The van der Waals surface area contributed by atoms with Crippen molar-refractivity contribution >= 4 is 34.5 Å². The van der Waals surface area contributed by atoms with Gasteiger partial charge in [0, 0.05) is 22.7 Å². The summed E-state index contributed by atoms with van der Waals surface area (Å²) in [5.74, 6) is 1.52. The van der Waals surface area contributed by atoms with E-state index in [9.17, 15) is 0 Å². The fourth-order valence-corrected chi connectivity index (χ4v) is 6.84. The molecule has 2 aliphatic heterocycles. The van der Waals surface area contributed by atoms with Crippen LogP contribution in [0.4, 0.5) is 5.69 Å². The van der Waals surface area contributed by atoms with Crippen LogP contribution in [0.1, 0.15) is 42.7 Å². The van der Waals surface area contributed by atoms with E-state index in [0.717, 1.165) is 12.5 Å². The molecular formula is C28H30N2S. The summed E-state index contributed by atoms with van der Waals surface area (Å²) in [6.45, 7) is 4.89. The molecule has 3 aromatic carbocycles. The lowest BCUT2D eigenvalue weighted by molar-refractivity contribution is 0.176. The second-order valence-electron chi connectivity index (χ2n) is 9.29. The van der Waals surface area contributed by atoms with E-state index in [1.165, 1.54) is 72.2 Å². The molecule has 0 bridgehead atoms. The standard InChI is InChI=1S/C28H30N2S/c1-2-9-25-22(6-1)12-13-24(25)20-21-14-18-29(19-15-21)16-5-17-30-26-10-3-7-23-8-4-11-27(31-30)28(23)26/h1-4,6-13,21,24H,5,14-20H2. The van der Waals surface area contributed by atoms with Crippen LogP contribution in [0.15, 0.2) is 71.6 Å². The topological polar surface area (TPSA) is 6.48 Å². The van der Waals surface area contributed by atoms with Gasteiger partial charge in [0.1, 0.15) is 0 Å². The average Bonchev–Trinajstić information content (AvgIpc) is 3.38. The summed E-state index contributed by atoms with van der Waals surface area (Å²) >= 11 is 1.92. The molecule has 0 amide bonds. The smallest absolute Gasteiger partial charge is 0.0563 e. The highest BCUT2D eigenvalue weighted by molar-refractivity contribution is 8.01. The highest BCUT2D eigenvalue weighted by Crippen LogP contribution is 2.46. The lowest BCUT2D eigenvalue weighted by Gasteiger charge is -2.33. The van der Waals surface area contributed by atoms with Gasteiger partial charge in [-0.05, 0) is 91.8 Å². The van der Waals surface area contributed by atoms with E-state index in [0.29, 0.717) is 5.92 Å². The Kier molecular flexibility index (Phi) is 5.25. The molecule has 0 radical (unpaired) electrons. The van der Waals surface area contributed by atoms with E-state index in [1.54, 1.807) is 5.56 Å². The molecule has 31 heavy (non-hydrogen) atoms. The van der Waals surface area contributed by atoms with E-state index >= 15 is 0 Å². The fourth-order valence-electron chi connectivity index (χ4n) is 5.68. The van der Waals surface area contributed by atoms with Crippen molar-refractivity contribution in [2.75, 3.05) is 30.5 Å². The zero-order valence-electron chi connectivity index (χ0n) is 18.0. The number of anilines is 1. The van der Waals surface area contributed by atoms with Gasteiger partial charge in [-0.25, -0.2) is 0 Å². The first-order valence-electron chi connectivity index (χ1n) is 11.8. The maximum Gasteiger partial charge on any atom is 0.0563 e. The number of piperidine rings is 1. The monoisotopic (exact) mass is 426 g/mol. The molecule has 1 aliphatic carbocycles. The average molecular weight is 427 g/mol. The predicted octanol–water partition coefficient (Wildman–Crippen LogP) is 6.97. The van der Waals surface area contributed by atoms with Crippen LogP contribution in [0.25, 0.3) is 16.8 Å².